The average Bonchev–Trinajstić information content (AvgIpc) is 3.26. The number of nitrogens with zero attached hydrogens (tertiary/aromatic N) is 5. The third-order valence-electron chi connectivity index (χ3n) is 6.82. The molecular formula is C27H26ClN5. The molecular weight excluding hydrogens is 430 g/mol. The molecule has 0 bridgehead atoms. The number of pyridine rings is 1. The Balaban J connectivity index is 1.30. The Morgan fingerprint density at radius 1 is 0.818 bits per heavy atom. The van der Waals surface area contributed by atoms with E-state index in [9.17, 15) is 0 Å². The van der Waals surface area contributed by atoms with E-state index in [1.165, 1.54) is 36.1 Å². The molecule has 5 nitrogen and oxygen atoms in total. The van der Waals surface area contributed by atoms with Gasteiger partial charge in [0.15, 0.2) is 0 Å². The summed E-state index contributed by atoms with van der Waals surface area (Å²) in [6.07, 6.45) is 10.1. The van der Waals surface area contributed by atoms with Crippen LogP contribution in [0.2, 0.25) is 5.02 Å². The summed E-state index contributed by atoms with van der Waals surface area (Å²) in [5.74, 6) is 1.03. The van der Waals surface area contributed by atoms with Crippen LogP contribution in [0.25, 0.3) is 22.2 Å². The van der Waals surface area contributed by atoms with Gasteiger partial charge in [-0.3, -0.25) is 9.97 Å². The minimum atomic E-state index is 0.702. The van der Waals surface area contributed by atoms with Gasteiger partial charge < -0.3 is 9.80 Å². The van der Waals surface area contributed by atoms with E-state index in [0.29, 0.717) is 5.02 Å². The second-order valence-corrected chi connectivity index (χ2v) is 9.37. The molecule has 1 fully saturated rings. The fourth-order valence-corrected chi connectivity index (χ4v) is 5.26. The fraction of sp³-hybridized carbons (Fsp3) is 0.296. The predicted molar refractivity (Wildman–Crippen MR) is 135 cm³/mol. The number of halogens is 1. The van der Waals surface area contributed by atoms with Crippen LogP contribution in [-0.2, 0) is 13.0 Å². The van der Waals surface area contributed by atoms with Crippen molar-refractivity contribution in [3.05, 3.63) is 77.2 Å². The molecule has 2 aliphatic heterocycles. The number of piperidine rings is 1. The van der Waals surface area contributed by atoms with E-state index in [1.54, 1.807) is 12.4 Å². The molecule has 0 saturated carbocycles. The lowest BCUT2D eigenvalue weighted by atomic mass is 10.0. The first kappa shape index (κ1) is 20.4. The minimum absolute atomic E-state index is 0.702. The maximum absolute atomic E-state index is 6.63. The van der Waals surface area contributed by atoms with Gasteiger partial charge in [-0.1, -0.05) is 29.8 Å². The zero-order valence-electron chi connectivity index (χ0n) is 18.5. The Hall–Kier alpha value is -3.18. The highest BCUT2D eigenvalue weighted by molar-refractivity contribution is 6.33. The first-order valence-electron chi connectivity index (χ1n) is 11.7. The van der Waals surface area contributed by atoms with E-state index < -0.39 is 0 Å². The highest BCUT2D eigenvalue weighted by Crippen LogP contribution is 2.37. The van der Waals surface area contributed by atoms with Crippen LogP contribution in [-0.4, -0.2) is 34.6 Å². The van der Waals surface area contributed by atoms with Crippen molar-refractivity contribution >= 4 is 34.1 Å². The molecule has 1 saturated heterocycles. The molecule has 0 aliphatic carbocycles. The molecule has 2 aliphatic rings. The number of rotatable bonds is 4. The summed E-state index contributed by atoms with van der Waals surface area (Å²) in [7, 11) is 0. The normalized spacial score (nSPS) is 15.8. The molecule has 4 heterocycles. The number of aromatic nitrogens is 3. The number of hydrogen-bond acceptors (Lipinski definition) is 5. The van der Waals surface area contributed by atoms with Gasteiger partial charge in [0.1, 0.15) is 5.82 Å². The van der Waals surface area contributed by atoms with E-state index in [1.807, 2.05) is 6.20 Å². The van der Waals surface area contributed by atoms with Crippen LogP contribution in [0.5, 0.6) is 0 Å². The monoisotopic (exact) mass is 455 g/mol. The quantitative estimate of drug-likeness (QED) is 0.383. The Bertz CT molecular complexity index is 1320. The molecule has 0 unspecified atom stereocenters. The number of fused-ring (bicyclic) bond motifs is 2. The Morgan fingerprint density at radius 2 is 1.67 bits per heavy atom. The second kappa shape index (κ2) is 8.64. The summed E-state index contributed by atoms with van der Waals surface area (Å²) >= 11 is 6.63. The first-order valence-corrected chi connectivity index (χ1v) is 12.1. The van der Waals surface area contributed by atoms with Gasteiger partial charge in [-0.25, -0.2) is 4.98 Å². The molecule has 0 N–H and O–H groups in total. The molecule has 2 aromatic heterocycles. The predicted octanol–water partition coefficient (Wildman–Crippen LogP) is 5.90. The molecule has 6 heteroatoms. The lowest BCUT2D eigenvalue weighted by Crippen LogP contribution is -2.30. The van der Waals surface area contributed by atoms with E-state index >= 15 is 0 Å². The van der Waals surface area contributed by atoms with Gasteiger partial charge in [-0.15, -0.1) is 0 Å². The lowest BCUT2D eigenvalue weighted by molar-refractivity contribution is 0.573. The van der Waals surface area contributed by atoms with Crippen LogP contribution < -0.4 is 9.80 Å². The van der Waals surface area contributed by atoms with Gasteiger partial charge >= 0.3 is 0 Å². The number of benzene rings is 2. The molecule has 0 radical (unpaired) electrons. The number of hydrogen-bond donors (Lipinski definition) is 0. The summed E-state index contributed by atoms with van der Waals surface area (Å²) in [4.78, 5) is 18.3. The SMILES string of the molecule is Clc1cnc(N2CCCCC2)cc1-c1ccc2c(c1)N(Cc1ccc3nccnc3c1)CC2. The van der Waals surface area contributed by atoms with Gasteiger partial charge in [0.2, 0.25) is 0 Å². The largest absolute Gasteiger partial charge is 0.367 e. The second-order valence-electron chi connectivity index (χ2n) is 8.96. The summed E-state index contributed by atoms with van der Waals surface area (Å²) < 4.78 is 0. The van der Waals surface area contributed by atoms with Crippen LogP contribution in [0.3, 0.4) is 0 Å². The zero-order valence-corrected chi connectivity index (χ0v) is 19.3. The maximum Gasteiger partial charge on any atom is 0.129 e. The highest BCUT2D eigenvalue weighted by atomic mass is 35.5. The summed E-state index contributed by atoms with van der Waals surface area (Å²) in [5, 5.41) is 0.702. The summed E-state index contributed by atoms with van der Waals surface area (Å²) in [6.45, 7) is 4.01. The summed E-state index contributed by atoms with van der Waals surface area (Å²) in [5.41, 5.74) is 8.01. The Morgan fingerprint density at radius 3 is 2.55 bits per heavy atom. The van der Waals surface area contributed by atoms with E-state index in [-0.39, 0.29) is 0 Å². The lowest BCUT2D eigenvalue weighted by Gasteiger charge is -2.28. The third-order valence-corrected chi connectivity index (χ3v) is 7.12. The molecule has 0 amide bonds. The van der Waals surface area contributed by atoms with Crippen LogP contribution >= 0.6 is 11.6 Å². The molecule has 33 heavy (non-hydrogen) atoms. The van der Waals surface area contributed by atoms with Crippen LogP contribution in [0.4, 0.5) is 11.5 Å². The van der Waals surface area contributed by atoms with Gasteiger partial charge in [0.25, 0.3) is 0 Å². The van der Waals surface area contributed by atoms with Gasteiger partial charge in [0, 0.05) is 56.0 Å². The van der Waals surface area contributed by atoms with Crippen LogP contribution in [0, 0.1) is 0 Å². The van der Waals surface area contributed by atoms with Crippen molar-refractivity contribution in [2.75, 3.05) is 29.4 Å². The van der Waals surface area contributed by atoms with Crippen molar-refractivity contribution in [2.24, 2.45) is 0 Å². The molecule has 2 aromatic carbocycles. The topological polar surface area (TPSA) is 45.2 Å². The van der Waals surface area contributed by atoms with Crippen molar-refractivity contribution in [2.45, 2.75) is 32.2 Å². The van der Waals surface area contributed by atoms with Crippen LogP contribution in [0.1, 0.15) is 30.4 Å². The van der Waals surface area contributed by atoms with E-state index in [4.69, 9.17) is 11.6 Å². The first-order chi connectivity index (χ1) is 16.2. The fourth-order valence-electron chi connectivity index (χ4n) is 5.05. The molecule has 6 rings (SSSR count). The molecule has 0 atom stereocenters. The zero-order chi connectivity index (χ0) is 22.2. The van der Waals surface area contributed by atoms with Crippen molar-refractivity contribution in [3.8, 4) is 11.1 Å². The van der Waals surface area contributed by atoms with Crippen molar-refractivity contribution in [1.82, 2.24) is 15.0 Å². The smallest absolute Gasteiger partial charge is 0.129 e. The van der Waals surface area contributed by atoms with Crippen molar-refractivity contribution in [1.29, 1.82) is 0 Å². The minimum Gasteiger partial charge on any atom is -0.367 e. The van der Waals surface area contributed by atoms with Crippen molar-refractivity contribution < 1.29 is 0 Å². The van der Waals surface area contributed by atoms with E-state index in [2.05, 4.69) is 67.2 Å². The highest BCUT2D eigenvalue weighted by Gasteiger charge is 2.21. The summed E-state index contributed by atoms with van der Waals surface area (Å²) in [6, 6.07) is 15.3. The van der Waals surface area contributed by atoms with Gasteiger partial charge in [0.05, 0.1) is 16.1 Å². The van der Waals surface area contributed by atoms with E-state index in [0.717, 1.165) is 60.6 Å². The Labute approximate surface area is 199 Å². The Kier molecular flexibility index (Phi) is 5.35. The molecule has 166 valence electrons. The third kappa shape index (κ3) is 4.02. The van der Waals surface area contributed by atoms with Crippen molar-refractivity contribution in [3.63, 3.8) is 0 Å². The van der Waals surface area contributed by atoms with Crippen LogP contribution in [0.15, 0.2) is 61.1 Å². The standard InChI is InChI=1S/C27H26ClN5/c28-23-17-31-27(32-11-2-1-3-12-32)16-22(23)21-6-5-20-8-13-33(26(20)15-21)18-19-4-7-24-25(14-19)30-10-9-29-24/h4-7,9-10,14-17H,1-3,8,11-13,18H2. The van der Waals surface area contributed by atoms with Gasteiger partial charge in [-0.05, 0) is 66.6 Å². The number of anilines is 2. The maximum atomic E-state index is 6.63. The van der Waals surface area contributed by atoms with Gasteiger partial charge in [-0.2, -0.15) is 0 Å². The molecule has 4 aromatic rings. The molecule has 0 spiro atoms. The average molecular weight is 456 g/mol.